The monoisotopic (exact) mass is 258 g/mol. The molecule has 3 rings (SSSR count). The Labute approximate surface area is 120 Å². The summed E-state index contributed by atoms with van der Waals surface area (Å²) in [5, 5.41) is 0. The van der Waals surface area contributed by atoms with E-state index in [4.69, 9.17) is 0 Å². The van der Waals surface area contributed by atoms with Crippen molar-refractivity contribution in [2.75, 3.05) is 0 Å². The van der Waals surface area contributed by atoms with Gasteiger partial charge in [-0.05, 0) is 36.1 Å². The second kappa shape index (κ2) is 5.34. The first-order valence-electron chi connectivity index (χ1n) is 6.96. The quantitative estimate of drug-likeness (QED) is 0.558. The van der Waals surface area contributed by atoms with Crippen molar-refractivity contribution in [3.05, 3.63) is 83.9 Å². The lowest BCUT2D eigenvalue weighted by Gasteiger charge is -2.06. The van der Waals surface area contributed by atoms with Gasteiger partial charge in [-0.15, -0.1) is 0 Å². The van der Waals surface area contributed by atoms with Gasteiger partial charge in [-0.2, -0.15) is 0 Å². The van der Waals surface area contributed by atoms with Crippen molar-refractivity contribution in [2.45, 2.75) is 13.8 Å². The summed E-state index contributed by atoms with van der Waals surface area (Å²) in [6.07, 6.45) is 0. The zero-order chi connectivity index (χ0) is 13.9. The van der Waals surface area contributed by atoms with Crippen LogP contribution in [0.1, 0.15) is 11.1 Å². The second-order valence-corrected chi connectivity index (χ2v) is 5.31. The average molecular weight is 258 g/mol. The molecule has 0 aliphatic rings. The maximum absolute atomic E-state index is 2.19. The number of hydrogen-bond donors (Lipinski definition) is 0. The highest BCUT2D eigenvalue weighted by Crippen LogP contribution is 2.25. The van der Waals surface area contributed by atoms with Crippen molar-refractivity contribution in [3.63, 3.8) is 0 Å². The summed E-state index contributed by atoms with van der Waals surface area (Å²) in [6.45, 7) is 4.23. The van der Waals surface area contributed by atoms with Crippen molar-refractivity contribution >= 4 is 0 Å². The lowest BCUT2D eigenvalue weighted by atomic mass is 9.99. The number of hydrogen-bond acceptors (Lipinski definition) is 0. The Morgan fingerprint density at radius 1 is 0.350 bits per heavy atom. The first kappa shape index (κ1) is 12.7. The number of aryl methyl sites for hydroxylation is 2. The molecule has 98 valence electrons. The molecule has 0 aliphatic heterocycles. The molecule has 0 unspecified atom stereocenters. The fourth-order valence-electron chi connectivity index (χ4n) is 2.35. The topological polar surface area (TPSA) is 0 Å². The zero-order valence-corrected chi connectivity index (χ0v) is 11.9. The third-order valence-electron chi connectivity index (χ3n) is 3.65. The van der Waals surface area contributed by atoms with Crippen molar-refractivity contribution in [3.8, 4) is 22.3 Å². The molecular formula is C20H18. The number of rotatable bonds is 2. The molecule has 0 amide bonds. The normalized spacial score (nSPS) is 10.5. The van der Waals surface area contributed by atoms with E-state index in [1.807, 2.05) is 0 Å². The van der Waals surface area contributed by atoms with Gasteiger partial charge in [0.15, 0.2) is 0 Å². The van der Waals surface area contributed by atoms with Crippen LogP contribution in [0, 0.1) is 13.8 Å². The third kappa shape index (κ3) is 2.65. The fourth-order valence-corrected chi connectivity index (χ4v) is 2.35. The molecule has 0 heteroatoms. The van der Waals surface area contributed by atoms with Gasteiger partial charge in [-0.1, -0.05) is 83.9 Å². The molecule has 0 aliphatic carbocycles. The molecule has 0 spiro atoms. The third-order valence-corrected chi connectivity index (χ3v) is 3.65. The van der Waals surface area contributed by atoms with E-state index in [-0.39, 0.29) is 0 Å². The SMILES string of the molecule is Cc1ccc(-c2ccc(-c3ccc(C)cc3)cc2)cc1. The molecule has 0 atom stereocenters. The summed E-state index contributed by atoms with van der Waals surface area (Å²) in [5.74, 6) is 0. The van der Waals surface area contributed by atoms with Crippen LogP contribution in [0.3, 0.4) is 0 Å². The molecular weight excluding hydrogens is 240 g/mol. The van der Waals surface area contributed by atoms with Crippen LogP contribution in [0.15, 0.2) is 72.8 Å². The van der Waals surface area contributed by atoms with E-state index in [1.54, 1.807) is 0 Å². The minimum Gasteiger partial charge on any atom is -0.0587 e. The van der Waals surface area contributed by atoms with Crippen LogP contribution in [-0.2, 0) is 0 Å². The highest BCUT2D eigenvalue weighted by atomic mass is 14.0. The average Bonchev–Trinajstić information content (AvgIpc) is 2.49. The number of benzene rings is 3. The van der Waals surface area contributed by atoms with Gasteiger partial charge in [0, 0.05) is 0 Å². The van der Waals surface area contributed by atoms with E-state index in [0.29, 0.717) is 0 Å². The predicted molar refractivity (Wildman–Crippen MR) is 86.8 cm³/mol. The molecule has 0 radical (unpaired) electrons. The van der Waals surface area contributed by atoms with Gasteiger partial charge in [0.2, 0.25) is 0 Å². The summed E-state index contributed by atoms with van der Waals surface area (Å²) in [4.78, 5) is 0. The van der Waals surface area contributed by atoms with E-state index in [9.17, 15) is 0 Å². The lowest BCUT2D eigenvalue weighted by molar-refractivity contribution is 1.46. The molecule has 3 aromatic rings. The second-order valence-electron chi connectivity index (χ2n) is 5.31. The molecule has 0 saturated carbocycles. The minimum absolute atomic E-state index is 1.26. The van der Waals surface area contributed by atoms with Gasteiger partial charge < -0.3 is 0 Å². The van der Waals surface area contributed by atoms with Gasteiger partial charge in [-0.3, -0.25) is 0 Å². The van der Waals surface area contributed by atoms with Crippen LogP contribution in [0.25, 0.3) is 22.3 Å². The van der Waals surface area contributed by atoms with Crippen LogP contribution in [0.5, 0.6) is 0 Å². The van der Waals surface area contributed by atoms with Crippen molar-refractivity contribution in [2.24, 2.45) is 0 Å². The van der Waals surface area contributed by atoms with Crippen LogP contribution >= 0.6 is 0 Å². The van der Waals surface area contributed by atoms with Gasteiger partial charge >= 0.3 is 0 Å². The van der Waals surface area contributed by atoms with E-state index < -0.39 is 0 Å². The highest BCUT2D eigenvalue weighted by molar-refractivity contribution is 5.70. The van der Waals surface area contributed by atoms with E-state index in [2.05, 4.69) is 86.6 Å². The fraction of sp³-hybridized carbons (Fsp3) is 0.100. The summed E-state index contributed by atoms with van der Waals surface area (Å²) < 4.78 is 0. The Kier molecular flexibility index (Phi) is 3.39. The smallest absolute Gasteiger partial charge is 0.0184 e. The van der Waals surface area contributed by atoms with Crippen LogP contribution in [0.4, 0.5) is 0 Å². The zero-order valence-electron chi connectivity index (χ0n) is 11.9. The Hall–Kier alpha value is -2.34. The summed E-state index contributed by atoms with van der Waals surface area (Å²) in [7, 11) is 0. The Bertz CT molecular complexity index is 622. The molecule has 0 N–H and O–H groups in total. The highest BCUT2D eigenvalue weighted by Gasteiger charge is 2.00. The minimum atomic E-state index is 1.26. The summed E-state index contributed by atoms with van der Waals surface area (Å²) in [5.41, 5.74) is 7.66. The predicted octanol–water partition coefficient (Wildman–Crippen LogP) is 5.64. The van der Waals surface area contributed by atoms with Gasteiger partial charge in [0.25, 0.3) is 0 Å². The van der Waals surface area contributed by atoms with Gasteiger partial charge in [0.1, 0.15) is 0 Å². The van der Waals surface area contributed by atoms with Crippen LogP contribution < -0.4 is 0 Å². The van der Waals surface area contributed by atoms with Crippen LogP contribution in [0.2, 0.25) is 0 Å². The molecule has 0 heterocycles. The first-order chi connectivity index (χ1) is 9.72. The Balaban J connectivity index is 1.91. The van der Waals surface area contributed by atoms with E-state index in [1.165, 1.54) is 33.4 Å². The summed E-state index contributed by atoms with van der Waals surface area (Å²) >= 11 is 0. The maximum atomic E-state index is 2.19. The molecule has 0 bridgehead atoms. The first-order valence-corrected chi connectivity index (χ1v) is 6.96. The standard InChI is InChI=1S/C20H18/c1-15-3-7-17(8-4-15)19-11-13-20(14-12-19)18-9-5-16(2)6-10-18/h3-14H,1-2H3. The van der Waals surface area contributed by atoms with Crippen molar-refractivity contribution < 1.29 is 0 Å². The van der Waals surface area contributed by atoms with Crippen molar-refractivity contribution in [1.82, 2.24) is 0 Å². The lowest BCUT2D eigenvalue weighted by Crippen LogP contribution is -1.81. The van der Waals surface area contributed by atoms with Gasteiger partial charge in [-0.25, -0.2) is 0 Å². The Morgan fingerprint density at radius 2 is 0.550 bits per heavy atom. The molecule has 0 saturated heterocycles. The van der Waals surface area contributed by atoms with E-state index >= 15 is 0 Å². The molecule has 0 aromatic heterocycles. The molecule has 0 fully saturated rings. The van der Waals surface area contributed by atoms with Gasteiger partial charge in [0.05, 0.1) is 0 Å². The Morgan fingerprint density at radius 3 is 0.800 bits per heavy atom. The van der Waals surface area contributed by atoms with E-state index in [0.717, 1.165) is 0 Å². The largest absolute Gasteiger partial charge is 0.0587 e. The van der Waals surface area contributed by atoms with Crippen molar-refractivity contribution in [1.29, 1.82) is 0 Å². The van der Waals surface area contributed by atoms with Crippen LogP contribution in [-0.4, -0.2) is 0 Å². The molecule has 0 nitrogen and oxygen atoms in total. The maximum Gasteiger partial charge on any atom is -0.0184 e. The summed E-state index contributed by atoms with van der Waals surface area (Å²) in [6, 6.07) is 26.1. The molecule has 20 heavy (non-hydrogen) atoms. The molecule has 3 aromatic carbocycles.